The summed E-state index contributed by atoms with van der Waals surface area (Å²) in [5.41, 5.74) is 0.958. The second-order valence-electron chi connectivity index (χ2n) is 6.78. The predicted octanol–water partition coefficient (Wildman–Crippen LogP) is 4.08. The van der Waals surface area contributed by atoms with Crippen LogP contribution in [0.15, 0.2) is 42.5 Å². The van der Waals surface area contributed by atoms with Crippen molar-refractivity contribution in [2.75, 3.05) is 29.9 Å². The number of benzene rings is 2. The van der Waals surface area contributed by atoms with E-state index in [1.54, 1.807) is 36.4 Å². The minimum Gasteiger partial charge on any atom is -0.481 e. The Labute approximate surface area is 192 Å². The number of nitrogens with one attached hydrogen (secondary N) is 1. The van der Waals surface area contributed by atoms with Crippen molar-refractivity contribution in [3.05, 3.63) is 58.9 Å². The van der Waals surface area contributed by atoms with Crippen LogP contribution < -0.4 is 14.4 Å². The number of hydrogen-bond donors (Lipinski definition) is 1. The van der Waals surface area contributed by atoms with Gasteiger partial charge in [0, 0.05) is 35.7 Å². The van der Waals surface area contributed by atoms with E-state index in [4.69, 9.17) is 16.3 Å². The highest BCUT2D eigenvalue weighted by molar-refractivity contribution is 7.98. The summed E-state index contributed by atoms with van der Waals surface area (Å²) >= 11 is 7.48. The zero-order valence-electron chi connectivity index (χ0n) is 17.6. The molecule has 0 aliphatic rings. The highest BCUT2D eigenvalue weighted by Gasteiger charge is 2.18. The molecule has 10 heteroatoms. The van der Waals surface area contributed by atoms with Gasteiger partial charge in [0.25, 0.3) is 5.91 Å². The Kier molecular flexibility index (Phi) is 9.46. The molecule has 0 saturated carbocycles. The minimum atomic E-state index is -3.35. The average molecular weight is 489 g/mol. The van der Waals surface area contributed by atoms with Crippen molar-refractivity contribution in [2.45, 2.75) is 25.2 Å². The van der Waals surface area contributed by atoms with E-state index >= 15 is 0 Å². The maximum Gasteiger partial charge on any atom is 0.261 e. The Balaban J connectivity index is 1.81. The highest BCUT2D eigenvalue weighted by Crippen LogP contribution is 2.24. The summed E-state index contributed by atoms with van der Waals surface area (Å²) in [4.78, 5) is 12.4. The molecule has 0 bridgehead atoms. The molecule has 0 aliphatic carbocycles. The zero-order chi connectivity index (χ0) is 23.0. The summed E-state index contributed by atoms with van der Waals surface area (Å²) in [6.45, 7) is 2.25. The van der Waals surface area contributed by atoms with Gasteiger partial charge in [-0.25, -0.2) is 12.8 Å². The third kappa shape index (κ3) is 7.59. The van der Waals surface area contributed by atoms with Crippen molar-refractivity contribution in [2.24, 2.45) is 0 Å². The van der Waals surface area contributed by atoms with Gasteiger partial charge in [-0.1, -0.05) is 24.6 Å². The monoisotopic (exact) mass is 488 g/mol. The van der Waals surface area contributed by atoms with E-state index < -0.39 is 16.1 Å². The first-order valence-corrected chi connectivity index (χ1v) is 13.0. The lowest BCUT2D eigenvalue weighted by molar-refractivity contribution is -0.127. The quantitative estimate of drug-likeness (QED) is 0.482. The number of halogens is 2. The van der Waals surface area contributed by atoms with Gasteiger partial charge < -0.3 is 10.1 Å². The van der Waals surface area contributed by atoms with Crippen LogP contribution in [0.5, 0.6) is 5.75 Å². The summed E-state index contributed by atoms with van der Waals surface area (Å²) in [5.74, 6) is 0.903. The van der Waals surface area contributed by atoms with E-state index in [1.165, 1.54) is 24.9 Å². The Morgan fingerprint density at radius 1 is 1.26 bits per heavy atom. The molecule has 0 aromatic heterocycles. The maximum absolute atomic E-state index is 13.8. The van der Waals surface area contributed by atoms with Gasteiger partial charge in [-0.05, 0) is 42.8 Å². The molecule has 0 spiro atoms. The minimum absolute atomic E-state index is 0.246. The Morgan fingerprint density at radius 3 is 2.52 bits per heavy atom. The topological polar surface area (TPSA) is 75.7 Å². The van der Waals surface area contributed by atoms with E-state index in [0.29, 0.717) is 46.5 Å². The van der Waals surface area contributed by atoms with Crippen LogP contribution in [-0.4, -0.2) is 46.0 Å². The predicted molar refractivity (Wildman–Crippen MR) is 125 cm³/mol. The molecule has 170 valence electrons. The van der Waals surface area contributed by atoms with E-state index in [0.717, 1.165) is 10.6 Å². The number of anilines is 1. The van der Waals surface area contributed by atoms with Crippen LogP contribution in [0.4, 0.5) is 10.1 Å². The molecule has 1 atom stereocenters. The van der Waals surface area contributed by atoms with E-state index in [1.807, 2.05) is 6.92 Å². The van der Waals surface area contributed by atoms with Crippen molar-refractivity contribution in [3.63, 3.8) is 0 Å². The van der Waals surface area contributed by atoms with Gasteiger partial charge in [-0.15, -0.1) is 0 Å². The molecular formula is C21H26ClFN2O4S2. The van der Waals surface area contributed by atoms with Gasteiger partial charge in [-0.2, -0.15) is 11.8 Å². The second kappa shape index (κ2) is 11.6. The number of carbonyl (C=O) groups is 1. The van der Waals surface area contributed by atoms with Gasteiger partial charge >= 0.3 is 0 Å². The lowest BCUT2D eigenvalue weighted by Gasteiger charge is -2.19. The fourth-order valence-electron chi connectivity index (χ4n) is 2.62. The summed E-state index contributed by atoms with van der Waals surface area (Å²) < 4.78 is 43.9. The molecule has 31 heavy (non-hydrogen) atoms. The van der Waals surface area contributed by atoms with Crippen molar-refractivity contribution >= 4 is 45.0 Å². The SMILES string of the molecule is CC[C@@H](Oc1ccc(N(C)S(C)(=O)=O)cc1)C(=O)NCCSCc1c(F)cccc1Cl. The number of sulfonamides is 1. The first-order valence-electron chi connectivity index (χ1n) is 9.62. The van der Waals surface area contributed by atoms with Gasteiger partial charge in [0.05, 0.1) is 11.9 Å². The fraction of sp³-hybridized carbons (Fsp3) is 0.381. The smallest absolute Gasteiger partial charge is 0.261 e. The number of carbonyl (C=O) groups excluding carboxylic acids is 1. The number of amides is 1. The van der Waals surface area contributed by atoms with Crippen molar-refractivity contribution in [3.8, 4) is 5.75 Å². The summed E-state index contributed by atoms with van der Waals surface area (Å²) in [6.07, 6.45) is 0.914. The van der Waals surface area contributed by atoms with Crippen molar-refractivity contribution in [1.29, 1.82) is 0 Å². The van der Waals surface area contributed by atoms with Crippen LogP contribution in [0.3, 0.4) is 0 Å². The molecular weight excluding hydrogens is 463 g/mol. The van der Waals surface area contributed by atoms with E-state index in [2.05, 4.69) is 5.32 Å². The lowest BCUT2D eigenvalue weighted by Crippen LogP contribution is -2.39. The van der Waals surface area contributed by atoms with Crippen LogP contribution in [-0.2, 0) is 20.6 Å². The number of ether oxygens (including phenoxy) is 1. The second-order valence-corrected chi connectivity index (χ2v) is 10.3. The third-order valence-corrected chi connectivity index (χ3v) is 7.04. The summed E-state index contributed by atoms with van der Waals surface area (Å²) in [6, 6.07) is 11.1. The zero-order valence-corrected chi connectivity index (χ0v) is 20.0. The molecule has 1 N–H and O–H groups in total. The van der Waals surface area contributed by atoms with Crippen LogP contribution in [0, 0.1) is 5.82 Å². The first kappa shape index (κ1) is 25.3. The van der Waals surface area contributed by atoms with E-state index in [-0.39, 0.29) is 11.7 Å². The molecule has 0 saturated heterocycles. The summed E-state index contributed by atoms with van der Waals surface area (Å²) in [7, 11) is -1.89. The van der Waals surface area contributed by atoms with Gasteiger partial charge in [0.15, 0.2) is 6.10 Å². The molecule has 0 radical (unpaired) electrons. The third-order valence-electron chi connectivity index (χ3n) is 4.49. The molecule has 0 fully saturated rings. The molecule has 2 aromatic rings. The fourth-order valence-corrected chi connectivity index (χ4v) is 4.32. The summed E-state index contributed by atoms with van der Waals surface area (Å²) in [5, 5.41) is 3.21. The largest absolute Gasteiger partial charge is 0.481 e. The molecule has 6 nitrogen and oxygen atoms in total. The van der Waals surface area contributed by atoms with Gasteiger partial charge in [0.1, 0.15) is 11.6 Å². The van der Waals surface area contributed by atoms with Crippen LogP contribution in [0.25, 0.3) is 0 Å². The van der Waals surface area contributed by atoms with Crippen LogP contribution in [0.1, 0.15) is 18.9 Å². The number of hydrogen-bond acceptors (Lipinski definition) is 5. The molecule has 0 heterocycles. The molecule has 1 amide bonds. The normalized spacial score (nSPS) is 12.3. The number of thioether (sulfide) groups is 1. The van der Waals surface area contributed by atoms with Crippen LogP contribution in [0.2, 0.25) is 5.02 Å². The molecule has 0 unspecified atom stereocenters. The van der Waals surface area contributed by atoms with Gasteiger partial charge in [0.2, 0.25) is 10.0 Å². The standard InChI is InChI=1S/C21H26ClFN2O4S2/c1-4-20(29-16-10-8-15(9-11-16)25(2)31(3,27)28)21(26)24-12-13-30-14-17-18(22)6-5-7-19(17)23/h5-11,20H,4,12-14H2,1-3H3,(H,24,26)/t20-/m1/s1. The average Bonchev–Trinajstić information content (AvgIpc) is 2.72. The Bertz CT molecular complexity index is 967. The number of rotatable bonds is 11. The molecule has 2 rings (SSSR count). The highest BCUT2D eigenvalue weighted by atomic mass is 35.5. The first-order chi connectivity index (χ1) is 14.6. The Hall–Kier alpha value is -1.97. The maximum atomic E-state index is 13.8. The van der Waals surface area contributed by atoms with Crippen molar-refractivity contribution < 1.29 is 22.3 Å². The molecule has 0 aliphatic heterocycles. The van der Waals surface area contributed by atoms with Crippen LogP contribution >= 0.6 is 23.4 Å². The lowest BCUT2D eigenvalue weighted by atomic mass is 10.2. The van der Waals surface area contributed by atoms with Gasteiger partial charge in [-0.3, -0.25) is 9.10 Å². The Morgan fingerprint density at radius 2 is 1.94 bits per heavy atom. The van der Waals surface area contributed by atoms with Crippen molar-refractivity contribution in [1.82, 2.24) is 5.32 Å². The molecule has 2 aromatic carbocycles. The number of nitrogens with zero attached hydrogens (tertiary/aromatic N) is 1. The van der Waals surface area contributed by atoms with E-state index in [9.17, 15) is 17.6 Å².